The Morgan fingerprint density at radius 2 is 1.92 bits per heavy atom. The van der Waals surface area contributed by atoms with E-state index in [0.29, 0.717) is 17.4 Å². The second-order valence-corrected chi connectivity index (χ2v) is 6.43. The van der Waals surface area contributed by atoms with E-state index in [9.17, 15) is 4.79 Å². The van der Waals surface area contributed by atoms with Crippen LogP contribution in [0.4, 0.5) is 0 Å². The fourth-order valence-corrected chi connectivity index (χ4v) is 3.46. The molecule has 0 saturated heterocycles. The highest BCUT2D eigenvalue weighted by Crippen LogP contribution is 2.25. The van der Waals surface area contributed by atoms with Crippen LogP contribution in [0.1, 0.15) is 5.69 Å². The average Bonchev–Trinajstić information content (AvgIpc) is 3.13. The highest BCUT2D eigenvalue weighted by Gasteiger charge is 2.08. The Morgan fingerprint density at radius 1 is 1.12 bits per heavy atom. The Bertz CT molecular complexity index is 1080. The number of thiazole rings is 1. The van der Waals surface area contributed by atoms with Gasteiger partial charge in [0.2, 0.25) is 0 Å². The summed E-state index contributed by atoms with van der Waals surface area (Å²) in [6, 6.07) is 15.1. The molecule has 0 aliphatic rings. The predicted octanol–water partition coefficient (Wildman–Crippen LogP) is 3.58. The number of ether oxygens (including phenoxy) is 1. The van der Waals surface area contributed by atoms with Crippen molar-refractivity contribution < 1.29 is 4.74 Å². The van der Waals surface area contributed by atoms with E-state index in [1.165, 1.54) is 0 Å². The molecule has 4 rings (SSSR count). The molecule has 2 aromatic heterocycles. The standard InChI is InChI=1S/C19H15N3O2S/c1-24-15-8-6-13(7-9-15)18-21-14(11-25-18)10-22-12-20-17-5-3-2-4-16(17)19(22)23/h2-9,11-12H,10H2,1H3. The largest absolute Gasteiger partial charge is 0.497 e. The Morgan fingerprint density at radius 3 is 2.72 bits per heavy atom. The first-order valence-corrected chi connectivity index (χ1v) is 8.65. The lowest BCUT2D eigenvalue weighted by Crippen LogP contribution is -2.21. The molecule has 2 heterocycles. The van der Waals surface area contributed by atoms with Gasteiger partial charge >= 0.3 is 0 Å². The number of nitrogens with zero attached hydrogens (tertiary/aromatic N) is 3. The van der Waals surface area contributed by atoms with E-state index >= 15 is 0 Å². The Labute approximate surface area is 148 Å². The molecule has 0 unspecified atom stereocenters. The number of para-hydroxylation sites is 1. The third-order valence-electron chi connectivity index (χ3n) is 3.95. The van der Waals surface area contributed by atoms with Gasteiger partial charge in [-0.05, 0) is 36.4 Å². The molecule has 25 heavy (non-hydrogen) atoms. The molecule has 0 bridgehead atoms. The minimum atomic E-state index is -0.0513. The van der Waals surface area contributed by atoms with Gasteiger partial charge in [-0.2, -0.15) is 0 Å². The first-order chi connectivity index (χ1) is 12.2. The molecule has 124 valence electrons. The van der Waals surface area contributed by atoms with E-state index in [4.69, 9.17) is 4.74 Å². The second kappa shape index (κ2) is 6.49. The van der Waals surface area contributed by atoms with Crippen molar-refractivity contribution in [2.75, 3.05) is 7.11 Å². The van der Waals surface area contributed by atoms with Crippen LogP contribution >= 0.6 is 11.3 Å². The molecule has 0 aliphatic heterocycles. The van der Waals surface area contributed by atoms with Crippen LogP contribution in [0.5, 0.6) is 5.75 Å². The number of hydrogen-bond donors (Lipinski definition) is 0. The molecule has 0 amide bonds. The van der Waals surface area contributed by atoms with E-state index in [0.717, 1.165) is 22.0 Å². The first kappa shape index (κ1) is 15.5. The van der Waals surface area contributed by atoms with E-state index in [1.54, 1.807) is 35.4 Å². The van der Waals surface area contributed by atoms with Crippen LogP contribution in [-0.2, 0) is 6.54 Å². The molecule has 4 aromatic rings. The van der Waals surface area contributed by atoms with Crippen LogP contribution in [-0.4, -0.2) is 21.6 Å². The van der Waals surface area contributed by atoms with Gasteiger partial charge in [-0.1, -0.05) is 12.1 Å². The van der Waals surface area contributed by atoms with Gasteiger partial charge < -0.3 is 4.74 Å². The normalized spacial score (nSPS) is 10.9. The molecule has 0 fully saturated rings. The third kappa shape index (κ3) is 3.04. The minimum Gasteiger partial charge on any atom is -0.497 e. The van der Waals surface area contributed by atoms with Crippen molar-refractivity contribution >= 4 is 22.2 Å². The molecule has 5 nitrogen and oxygen atoms in total. The summed E-state index contributed by atoms with van der Waals surface area (Å²) in [5, 5.41) is 3.51. The van der Waals surface area contributed by atoms with Crippen molar-refractivity contribution in [1.29, 1.82) is 0 Å². The summed E-state index contributed by atoms with van der Waals surface area (Å²) in [5.41, 5.74) is 2.53. The lowest BCUT2D eigenvalue weighted by molar-refractivity contribution is 0.415. The van der Waals surface area contributed by atoms with Crippen LogP contribution in [0.2, 0.25) is 0 Å². The molecular formula is C19H15N3O2S. The zero-order chi connectivity index (χ0) is 17.2. The second-order valence-electron chi connectivity index (χ2n) is 5.57. The maximum atomic E-state index is 12.6. The Balaban J connectivity index is 1.63. The quantitative estimate of drug-likeness (QED) is 0.565. The predicted molar refractivity (Wildman–Crippen MR) is 99.2 cm³/mol. The average molecular weight is 349 g/mol. The molecule has 0 aliphatic carbocycles. The lowest BCUT2D eigenvalue weighted by Gasteiger charge is -2.04. The summed E-state index contributed by atoms with van der Waals surface area (Å²) in [6.45, 7) is 0.406. The maximum Gasteiger partial charge on any atom is 0.261 e. The van der Waals surface area contributed by atoms with E-state index < -0.39 is 0 Å². The van der Waals surface area contributed by atoms with Crippen LogP contribution in [0, 0.1) is 0 Å². The van der Waals surface area contributed by atoms with Crippen LogP contribution in [0.3, 0.4) is 0 Å². The first-order valence-electron chi connectivity index (χ1n) is 7.77. The van der Waals surface area contributed by atoms with Crippen LogP contribution in [0.15, 0.2) is 65.0 Å². The summed E-state index contributed by atoms with van der Waals surface area (Å²) < 4.78 is 6.77. The van der Waals surface area contributed by atoms with E-state index in [2.05, 4.69) is 9.97 Å². The van der Waals surface area contributed by atoms with Gasteiger partial charge in [0.05, 0.1) is 36.6 Å². The lowest BCUT2D eigenvalue weighted by atomic mass is 10.2. The molecule has 6 heteroatoms. The topological polar surface area (TPSA) is 57.0 Å². The monoisotopic (exact) mass is 349 g/mol. The number of benzene rings is 2. The molecule has 0 atom stereocenters. The van der Waals surface area contributed by atoms with Crippen molar-refractivity contribution in [1.82, 2.24) is 14.5 Å². The maximum absolute atomic E-state index is 12.6. The van der Waals surface area contributed by atoms with Gasteiger partial charge in [-0.15, -0.1) is 11.3 Å². The molecule has 0 spiro atoms. The molecule has 0 radical (unpaired) electrons. The van der Waals surface area contributed by atoms with Gasteiger partial charge in [-0.25, -0.2) is 9.97 Å². The molecule has 2 aromatic carbocycles. The van der Waals surface area contributed by atoms with Crippen molar-refractivity contribution in [3.05, 3.63) is 76.3 Å². The van der Waals surface area contributed by atoms with Gasteiger partial charge in [0.1, 0.15) is 10.8 Å². The van der Waals surface area contributed by atoms with Crippen LogP contribution < -0.4 is 10.3 Å². The van der Waals surface area contributed by atoms with E-state index in [-0.39, 0.29) is 5.56 Å². The smallest absolute Gasteiger partial charge is 0.261 e. The fourth-order valence-electron chi connectivity index (χ4n) is 2.64. The van der Waals surface area contributed by atoms with Gasteiger partial charge in [0.15, 0.2) is 0 Å². The third-order valence-corrected chi connectivity index (χ3v) is 4.89. The fraction of sp³-hybridized carbons (Fsp3) is 0.105. The number of rotatable bonds is 4. The number of fused-ring (bicyclic) bond motifs is 1. The highest BCUT2D eigenvalue weighted by molar-refractivity contribution is 7.13. The number of methoxy groups -OCH3 is 1. The zero-order valence-electron chi connectivity index (χ0n) is 13.5. The van der Waals surface area contributed by atoms with Crippen molar-refractivity contribution in [3.63, 3.8) is 0 Å². The number of hydrogen-bond acceptors (Lipinski definition) is 5. The summed E-state index contributed by atoms with van der Waals surface area (Å²) in [7, 11) is 1.64. The summed E-state index contributed by atoms with van der Waals surface area (Å²) in [5.74, 6) is 0.814. The summed E-state index contributed by atoms with van der Waals surface area (Å²) >= 11 is 1.56. The van der Waals surface area contributed by atoms with Crippen molar-refractivity contribution in [2.45, 2.75) is 6.54 Å². The molecule has 0 N–H and O–H groups in total. The molecular weight excluding hydrogens is 334 g/mol. The number of aromatic nitrogens is 3. The Hall–Kier alpha value is -2.99. The van der Waals surface area contributed by atoms with Crippen molar-refractivity contribution in [2.24, 2.45) is 0 Å². The van der Waals surface area contributed by atoms with Gasteiger partial charge in [0, 0.05) is 10.9 Å². The van der Waals surface area contributed by atoms with Gasteiger partial charge in [-0.3, -0.25) is 9.36 Å². The summed E-state index contributed by atoms with van der Waals surface area (Å²) in [4.78, 5) is 21.6. The van der Waals surface area contributed by atoms with Gasteiger partial charge in [0.25, 0.3) is 5.56 Å². The van der Waals surface area contributed by atoms with E-state index in [1.807, 2.05) is 47.8 Å². The Kier molecular flexibility index (Phi) is 4.03. The SMILES string of the molecule is COc1ccc(-c2nc(Cn3cnc4ccccc4c3=O)cs2)cc1. The zero-order valence-corrected chi connectivity index (χ0v) is 14.4. The van der Waals surface area contributed by atoms with Crippen molar-refractivity contribution in [3.8, 4) is 16.3 Å². The van der Waals surface area contributed by atoms with Crippen LogP contribution in [0.25, 0.3) is 21.5 Å². The minimum absolute atomic E-state index is 0.0513. The summed E-state index contributed by atoms with van der Waals surface area (Å²) in [6.07, 6.45) is 1.58. The molecule has 0 saturated carbocycles. The highest BCUT2D eigenvalue weighted by atomic mass is 32.1.